The maximum absolute atomic E-state index is 12.2. The highest BCUT2D eigenvalue weighted by atomic mass is 79.9. The number of ketones is 1. The second-order valence-electron chi connectivity index (χ2n) is 4.21. The Hall–Kier alpha value is -1.46. The van der Waals surface area contributed by atoms with Crippen LogP contribution >= 0.6 is 27.7 Å². The highest BCUT2D eigenvalue weighted by molar-refractivity contribution is 9.10. The van der Waals surface area contributed by atoms with Crippen LogP contribution in [0.2, 0.25) is 0 Å². The van der Waals surface area contributed by atoms with Crippen LogP contribution in [-0.4, -0.2) is 25.8 Å². The summed E-state index contributed by atoms with van der Waals surface area (Å²) in [4.78, 5) is 13.2. The molecule has 0 aliphatic heterocycles. The molecule has 2 rings (SSSR count). The number of benzene rings is 2. The zero-order valence-corrected chi connectivity index (χ0v) is 14.2. The number of para-hydroxylation sites is 1. The molecule has 5 heteroatoms. The van der Waals surface area contributed by atoms with Gasteiger partial charge < -0.3 is 9.47 Å². The Morgan fingerprint density at radius 2 is 1.95 bits per heavy atom. The van der Waals surface area contributed by atoms with Gasteiger partial charge >= 0.3 is 0 Å². The Kier molecular flexibility index (Phi) is 5.70. The highest BCUT2D eigenvalue weighted by Crippen LogP contribution is 2.28. The predicted octanol–water partition coefficient (Wildman–Crippen LogP) is 4.44. The summed E-state index contributed by atoms with van der Waals surface area (Å²) in [6.45, 7) is 0.0103. The van der Waals surface area contributed by atoms with Gasteiger partial charge in [0.15, 0.2) is 12.4 Å². The fraction of sp³-hybridized carbons (Fsp3) is 0.188. The molecule has 0 aromatic heterocycles. The van der Waals surface area contributed by atoms with Gasteiger partial charge in [0.05, 0.1) is 11.6 Å². The summed E-state index contributed by atoms with van der Waals surface area (Å²) in [5, 5.41) is 0. The quantitative estimate of drug-likeness (QED) is 0.559. The summed E-state index contributed by atoms with van der Waals surface area (Å²) in [5.74, 6) is 1.35. The molecule has 0 unspecified atom stereocenters. The second-order valence-corrected chi connectivity index (χ2v) is 5.91. The Morgan fingerprint density at radius 3 is 2.62 bits per heavy atom. The van der Waals surface area contributed by atoms with E-state index in [0.717, 1.165) is 15.1 Å². The number of halogens is 1. The zero-order valence-electron chi connectivity index (χ0n) is 11.8. The molecular formula is C16H15BrO3S. The second kappa shape index (κ2) is 7.52. The third kappa shape index (κ3) is 4.02. The van der Waals surface area contributed by atoms with Crippen LogP contribution in [0.25, 0.3) is 0 Å². The molecular weight excluding hydrogens is 352 g/mol. The summed E-state index contributed by atoms with van der Waals surface area (Å²) >= 11 is 4.96. The third-order valence-electron chi connectivity index (χ3n) is 2.90. The molecule has 0 aliphatic carbocycles. The van der Waals surface area contributed by atoms with Crippen molar-refractivity contribution in [2.45, 2.75) is 4.90 Å². The van der Waals surface area contributed by atoms with Crippen LogP contribution in [0.4, 0.5) is 0 Å². The van der Waals surface area contributed by atoms with E-state index in [-0.39, 0.29) is 12.4 Å². The molecule has 0 amide bonds. The number of methoxy groups -OCH3 is 1. The number of thioether (sulfide) groups is 1. The van der Waals surface area contributed by atoms with Gasteiger partial charge in [0.25, 0.3) is 0 Å². The Morgan fingerprint density at radius 1 is 1.19 bits per heavy atom. The molecule has 0 atom stereocenters. The van der Waals surface area contributed by atoms with E-state index < -0.39 is 0 Å². The van der Waals surface area contributed by atoms with Crippen molar-refractivity contribution in [3.05, 3.63) is 52.5 Å². The summed E-state index contributed by atoms with van der Waals surface area (Å²) in [5.41, 5.74) is 0.587. The SMILES string of the molecule is COc1ccc(C(=O)COc2ccccc2SC)cc1Br. The zero-order chi connectivity index (χ0) is 15.2. The number of Topliss-reactive ketones (excluding diaryl/α,β-unsaturated/α-hetero) is 1. The van der Waals surface area contributed by atoms with Crippen molar-refractivity contribution in [3.8, 4) is 11.5 Å². The summed E-state index contributed by atoms with van der Waals surface area (Å²) < 4.78 is 11.5. The van der Waals surface area contributed by atoms with E-state index in [9.17, 15) is 4.79 Å². The number of hydrogen-bond donors (Lipinski definition) is 0. The number of carbonyl (C=O) groups is 1. The van der Waals surface area contributed by atoms with Gasteiger partial charge in [-0.05, 0) is 52.5 Å². The molecule has 2 aromatic rings. The van der Waals surface area contributed by atoms with E-state index in [0.29, 0.717) is 11.3 Å². The first-order chi connectivity index (χ1) is 10.2. The van der Waals surface area contributed by atoms with Crippen molar-refractivity contribution in [3.63, 3.8) is 0 Å². The number of rotatable bonds is 6. The lowest BCUT2D eigenvalue weighted by molar-refractivity contribution is 0.0919. The minimum absolute atomic E-state index is 0.0103. The fourth-order valence-corrected chi connectivity index (χ4v) is 2.89. The summed E-state index contributed by atoms with van der Waals surface area (Å²) in [6, 6.07) is 12.9. The maximum atomic E-state index is 12.2. The number of hydrogen-bond acceptors (Lipinski definition) is 4. The average molecular weight is 367 g/mol. The maximum Gasteiger partial charge on any atom is 0.200 e. The topological polar surface area (TPSA) is 35.5 Å². The van der Waals surface area contributed by atoms with Crippen LogP contribution in [0.15, 0.2) is 51.8 Å². The van der Waals surface area contributed by atoms with Crippen molar-refractivity contribution in [1.29, 1.82) is 0 Å². The first-order valence-corrected chi connectivity index (χ1v) is 8.30. The van der Waals surface area contributed by atoms with E-state index in [1.807, 2.05) is 30.5 Å². The normalized spacial score (nSPS) is 10.2. The lowest BCUT2D eigenvalue weighted by Gasteiger charge is -2.10. The van der Waals surface area contributed by atoms with Crippen LogP contribution in [-0.2, 0) is 0 Å². The molecule has 2 aromatic carbocycles. The van der Waals surface area contributed by atoms with Crippen molar-refractivity contribution < 1.29 is 14.3 Å². The van der Waals surface area contributed by atoms with Crippen LogP contribution < -0.4 is 9.47 Å². The van der Waals surface area contributed by atoms with Gasteiger partial charge in [0, 0.05) is 10.5 Å². The standard InChI is InChI=1S/C16H15BrO3S/c1-19-14-8-7-11(9-12(14)17)13(18)10-20-15-5-3-4-6-16(15)21-2/h3-9H,10H2,1-2H3. The van der Waals surface area contributed by atoms with Gasteiger partial charge in [-0.3, -0.25) is 4.79 Å². The molecule has 0 spiro atoms. The highest BCUT2D eigenvalue weighted by Gasteiger charge is 2.11. The molecule has 3 nitrogen and oxygen atoms in total. The molecule has 0 radical (unpaired) electrons. The first kappa shape index (κ1) is 15.9. The molecule has 110 valence electrons. The predicted molar refractivity (Wildman–Crippen MR) is 88.7 cm³/mol. The third-order valence-corrected chi connectivity index (χ3v) is 4.30. The largest absolute Gasteiger partial charge is 0.496 e. The molecule has 0 N–H and O–H groups in total. The molecule has 0 fully saturated rings. The summed E-state index contributed by atoms with van der Waals surface area (Å²) in [7, 11) is 1.59. The lowest BCUT2D eigenvalue weighted by atomic mass is 10.1. The van der Waals surface area contributed by atoms with Gasteiger partial charge in [-0.2, -0.15) is 0 Å². The molecule has 21 heavy (non-hydrogen) atoms. The number of ether oxygens (including phenoxy) is 2. The van der Waals surface area contributed by atoms with Gasteiger partial charge in [-0.15, -0.1) is 11.8 Å². The minimum Gasteiger partial charge on any atom is -0.496 e. The monoisotopic (exact) mass is 366 g/mol. The van der Waals surface area contributed by atoms with Crippen LogP contribution in [0.1, 0.15) is 10.4 Å². The van der Waals surface area contributed by atoms with Crippen LogP contribution in [0, 0.1) is 0 Å². The van der Waals surface area contributed by atoms with E-state index >= 15 is 0 Å². The van der Waals surface area contributed by atoms with Gasteiger partial charge in [-0.25, -0.2) is 0 Å². The van der Waals surface area contributed by atoms with Gasteiger partial charge in [-0.1, -0.05) is 12.1 Å². The molecule has 0 saturated heterocycles. The van der Waals surface area contributed by atoms with Crippen molar-refractivity contribution >= 4 is 33.5 Å². The van der Waals surface area contributed by atoms with Gasteiger partial charge in [0.1, 0.15) is 11.5 Å². The van der Waals surface area contributed by atoms with Crippen molar-refractivity contribution in [1.82, 2.24) is 0 Å². The molecule has 0 bridgehead atoms. The average Bonchev–Trinajstić information content (AvgIpc) is 2.52. The Balaban J connectivity index is 2.06. The fourth-order valence-electron chi connectivity index (χ4n) is 1.80. The van der Waals surface area contributed by atoms with E-state index in [2.05, 4.69) is 15.9 Å². The first-order valence-electron chi connectivity index (χ1n) is 6.28. The van der Waals surface area contributed by atoms with E-state index in [4.69, 9.17) is 9.47 Å². The van der Waals surface area contributed by atoms with Gasteiger partial charge in [0.2, 0.25) is 0 Å². The molecule has 0 aliphatic rings. The lowest BCUT2D eigenvalue weighted by Crippen LogP contribution is -2.12. The minimum atomic E-state index is -0.0748. The van der Waals surface area contributed by atoms with Crippen LogP contribution in [0.5, 0.6) is 11.5 Å². The Labute approximate surface area is 136 Å². The molecule has 0 heterocycles. The van der Waals surface area contributed by atoms with E-state index in [1.165, 1.54) is 0 Å². The van der Waals surface area contributed by atoms with Crippen molar-refractivity contribution in [2.75, 3.05) is 20.0 Å². The molecule has 0 saturated carbocycles. The van der Waals surface area contributed by atoms with Crippen LogP contribution in [0.3, 0.4) is 0 Å². The Bertz CT molecular complexity index is 643. The van der Waals surface area contributed by atoms with Crippen molar-refractivity contribution in [2.24, 2.45) is 0 Å². The summed E-state index contributed by atoms with van der Waals surface area (Å²) in [6.07, 6.45) is 1.98. The van der Waals surface area contributed by atoms with E-state index in [1.54, 1.807) is 37.1 Å². The smallest absolute Gasteiger partial charge is 0.200 e. The number of carbonyl (C=O) groups excluding carboxylic acids is 1.